The molecule has 3 nitrogen and oxygen atoms in total. The minimum absolute atomic E-state index is 0.250. The summed E-state index contributed by atoms with van der Waals surface area (Å²) < 4.78 is 0. The van der Waals surface area contributed by atoms with Crippen molar-refractivity contribution in [1.82, 2.24) is 0 Å². The Labute approximate surface area is 53.3 Å². The summed E-state index contributed by atoms with van der Waals surface area (Å²) in [5, 5.41) is 18.1. The Morgan fingerprint density at radius 1 is 1.78 bits per heavy atom. The fraction of sp³-hybridized carbons (Fsp3) is 0.833. The van der Waals surface area contributed by atoms with E-state index in [1.54, 1.807) is 0 Å². The van der Waals surface area contributed by atoms with Crippen LogP contribution in [0.1, 0.15) is 19.8 Å². The van der Waals surface area contributed by atoms with Gasteiger partial charge in [-0.25, -0.2) is 0 Å². The smallest absolute Gasteiger partial charge is 0.164 e. The predicted molar refractivity (Wildman–Crippen MR) is 30.9 cm³/mol. The van der Waals surface area contributed by atoms with E-state index in [4.69, 9.17) is 10.2 Å². The van der Waals surface area contributed by atoms with E-state index in [-0.39, 0.29) is 5.78 Å². The van der Waals surface area contributed by atoms with E-state index >= 15 is 0 Å². The van der Waals surface area contributed by atoms with Gasteiger partial charge < -0.3 is 10.2 Å². The second kappa shape index (κ2) is 1.78. The average molecular weight is 130 g/mol. The summed E-state index contributed by atoms with van der Waals surface area (Å²) in [5.41, 5.74) is -1.17. The van der Waals surface area contributed by atoms with Crippen LogP contribution < -0.4 is 0 Å². The van der Waals surface area contributed by atoms with Crippen molar-refractivity contribution in [1.29, 1.82) is 0 Å². The lowest BCUT2D eigenvalue weighted by molar-refractivity contribution is -0.131. The normalized spacial score (nSPS) is 43.9. The number of ketones is 1. The maximum atomic E-state index is 10.6. The molecule has 1 aliphatic rings. The van der Waals surface area contributed by atoms with Gasteiger partial charge in [-0.3, -0.25) is 4.79 Å². The van der Waals surface area contributed by atoms with Crippen LogP contribution in [-0.2, 0) is 4.79 Å². The largest absolute Gasteiger partial charge is 0.387 e. The first-order chi connectivity index (χ1) is 4.04. The topological polar surface area (TPSA) is 57.5 Å². The molecule has 0 amide bonds. The number of carbonyl (C=O) groups excluding carboxylic acids is 1. The molecule has 1 fully saturated rings. The van der Waals surface area contributed by atoms with E-state index in [2.05, 4.69) is 0 Å². The van der Waals surface area contributed by atoms with Crippen LogP contribution in [0.15, 0.2) is 0 Å². The fourth-order valence-corrected chi connectivity index (χ4v) is 0.997. The predicted octanol–water partition coefficient (Wildman–Crippen LogP) is -0.539. The zero-order valence-electron chi connectivity index (χ0n) is 5.29. The third kappa shape index (κ3) is 0.976. The summed E-state index contributed by atoms with van der Waals surface area (Å²) in [7, 11) is 0. The maximum Gasteiger partial charge on any atom is 0.164 e. The molecule has 0 unspecified atom stereocenters. The second-order valence-corrected chi connectivity index (χ2v) is 2.73. The van der Waals surface area contributed by atoms with Gasteiger partial charge in [-0.15, -0.1) is 0 Å². The molecule has 2 atom stereocenters. The van der Waals surface area contributed by atoms with E-state index in [0.717, 1.165) is 0 Å². The van der Waals surface area contributed by atoms with Gasteiger partial charge in [0.1, 0.15) is 6.10 Å². The van der Waals surface area contributed by atoms with Gasteiger partial charge in [0.2, 0.25) is 0 Å². The molecular weight excluding hydrogens is 120 g/mol. The standard InChI is InChI=1S/C6H10O3/c1-6(9)3-2-4(7)5(6)8/h5,8-9H,2-3H2,1H3/t5-,6-/m0/s1. The van der Waals surface area contributed by atoms with E-state index in [1.807, 2.05) is 0 Å². The van der Waals surface area contributed by atoms with Gasteiger partial charge in [0.15, 0.2) is 5.78 Å². The third-order valence-corrected chi connectivity index (χ3v) is 1.77. The zero-order chi connectivity index (χ0) is 7.07. The van der Waals surface area contributed by atoms with Crippen LogP contribution in [0.3, 0.4) is 0 Å². The van der Waals surface area contributed by atoms with Gasteiger partial charge in [0, 0.05) is 6.42 Å². The van der Waals surface area contributed by atoms with E-state index < -0.39 is 11.7 Å². The van der Waals surface area contributed by atoms with Crippen molar-refractivity contribution in [2.75, 3.05) is 0 Å². The minimum Gasteiger partial charge on any atom is -0.387 e. The van der Waals surface area contributed by atoms with Crippen molar-refractivity contribution in [3.8, 4) is 0 Å². The van der Waals surface area contributed by atoms with E-state index in [0.29, 0.717) is 12.8 Å². The Hall–Kier alpha value is -0.410. The van der Waals surface area contributed by atoms with E-state index in [1.165, 1.54) is 6.92 Å². The quantitative estimate of drug-likeness (QED) is 0.463. The molecule has 0 aromatic heterocycles. The number of carbonyl (C=O) groups is 1. The van der Waals surface area contributed by atoms with Crippen molar-refractivity contribution < 1.29 is 15.0 Å². The van der Waals surface area contributed by atoms with Gasteiger partial charge in [-0.05, 0) is 13.3 Å². The van der Waals surface area contributed by atoms with Crippen molar-refractivity contribution >= 4 is 5.78 Å². The molecule has 1 aliphatic carbocycles. The van der Waals surface area contributed by atoms with Crippen LogP contribution in [0, 0.1) is 0 Å². The lowest BCUT2D eigenvalue weighted by Crippen LogP contribution is -2.36. The maximum absolute atomic E-state index is 10.6. The van der Waals surface area contributed by atoms with Gasteiger partial charge in [0.25, 0.3) is 0 Å². The molecule has 0 aromatic rings. The number of Topliss-reactive ketones (excluding diaryl/α,β-unsaturated/α-hetero) is 1. The van der Waals surface area contributed by atoms with Crippen molar-refractivity contribution in [2.24, 2.45) is 0 Å². The first-order valence-electron chi connectivity index (χ1n) is 2.97. The van der Waals surface area contributed by atoms with Crippen LogP contribution in [0.4, 0.5) is 0 Å². The number of aliphatic hydroxyl groups excluding tert-OH is 1. The van der Waals surface area contributed by atoms with Crippen LogP contribution in [0.25, 0.3) is 0 Å². The number of hydrogen-bond donors (Lipinski definition) is 2. The highest BCUT2D eigenvalue weighted by Gasteiger charge is 2.41. The first kappa shape index (κ1) is 6.71. The Kier molecular flexibility index (Phi) is 1.33. The van der Waals surface area contributed by atoms with Crippen LogP contribution >= 0.6 is 0 Å². The lowest BCUT2D eigenvalue weighted by Gasteiger charge is -2.18. The highest BCUT2D eigenvalue weighted by molar-refractivity contribution is 5.86. The highest BCUT2D eigenvalue weighted by atomic mass is 16.3. The first-order valence-corrected chi connectivity index (χ1v) is 2.97. The molecule has 0 bridgehead atoms. The third-order valence-electron chi connectivity index (χ3n) is 1.77. The lowest BCUT2D eigenvalue weighted by atomic mass is 10.0. The fourth-order valence-electron chi connectivity index (χ4n) is 0.997. The van der Waals surface area contributed by atoms with Crippen molar-refractivity contribution in [2.45, 2.75) is 31.5 Å². The number of aliphatic hydroxyl groups is 2. The average Bonchev–Trinajstić information content (AvgIpc) is 1.97. The molecule has 1 saturated carbocycles. The molecule has 0 aromatic carbocycles. The second-order valence-electron chi connectivity index (χ2n) is 2.73. The number of hydrogen-bond acceptors (Lipinski definition) is 3. The molecule has 2 N–H and O–H groups in total. The minimum atomic E-state index is -1.17. The van der Waals surface area contributed by atoms with E-state index in [9.17, 15) is 4.79 Å². The monoisotopic (exact) mass is 130 g/mol. The SMILES string of the molecule is C[C@]1(O)CCC(=O)[C@@H]1O. The molecular formula is C6H10O3. The number of rotatable bonds is 0. The highest BCUT2D eigenvalue weighted by Crippen LogP contribution is 2.26. The van der Waals surface area contributed by atoms with Gasteiger partial charge >= 0.3 is 0 Å². The molecule has 0 aliphatic heterocycles. The molecule has 52 valence electrons. The van der Waals surface area contributed by atoms with Gasteiger partial charge in [-0.1, -0.05) is 0 Å². The van der Waals surface area contributed by atoms with Crippen molar-refractivity contribution in [3.05, 3.63) is 0 Å². The Balaban J connectivity index is 2.73. The molecule has 0 radical (unpaired) electrons. The Morgan fingerprint density at radius 3 is 2.44 bits per heavy atom. The molecule has 3 heteroatoms. The molecule has 0 spiro atoms. The molecule has 0 heterocycles. The van der Waals surface area contributed by atoms with Crippen LogP contribution in [0.2, 0.25) is 0 Å². The summed E-state index contributed by atoms with van der Waals surface area (Å²) in [6.45, 7) is 1.47. The molecule has 1 rings (SSSR count). The summed E-state index contributed by atoms with van der Waals surface area (Å²) >= 11 is 0. The summed E-state index contributed by atoms with van der Waals surface area (Å²) in [6, 6.07) is 0. The Bertz CT molecular complexity index is 139. The summed E-state index contributed by atoms with van der Waals surface area (Å²) in [6.07, 6.45) is -0.473. The van der Waals surface area contributed by atoms with Gasteiger partial charge in [0.05, 0.1) is 5.60 Å². The van der Waals surface area contributed by atoms with Crippen molar-refractivity contribution in [3.63, 3.8) is 0 Å². The molecule has 0 saturated heterocycles. The Morgan fingerprint density at radius 2 is 2.33 bits per heavy atom. The summed E-state index contributed by atoms with van der Waals surface area (Å²) in [5.74, 6) is -0.250. The zero-order valence-corrected chi connectivity index (χ0v) is 5.29. The van der Waals surface area contributed by atoms with Gasteiger partial charge in [-0.2, -0.15) is 0 Å². The summed E-state index contributed by atoms with van der Waals surface area (Å²) in [4.78, 5) is 10.6. The van der Waals surface area contributed by atoms with Crippen LogP contribution in [0.5, 0.6) is 0 Å². The van der Waals surface area contributed by atoms with Crippen LogP contribution in [-0.4, -0.2) is 27.7 Å². The molecule has 9 heavy (non-hydrogen) atoms.